The monoisotopic (exact) mass is 461 g/mol. The fourth-order valence-electron chi connectivity index (χ4n) is 3.76. The molecule has 0 radical (unpaired) electrons. The Hall–Kier alpha value is -3.98. The Morgan fingerprint density at radius 1 is 1.18 bits per heavy atom. The van der Waals surface area contributed by atoms with Crippen molar-refractivity contribution < 1.29 is 13.6 Å². The van der Waals surface area contributed by atoms with Crippen LogP contribution in [-0.4, -0.2) is 25.2 Å². The number of aromatic nitrogens is 4. The molecule has 4 aromatic heterocycles. The molecule has 0 aliphatic carbocycles. The second kappa shape index (κ2) is 8.51. The third-order valence-electron chi connectivity index (χ3n) is 5.28. The molecule has 1 amide bonds. The van der Waals surface area contributed by atoms with E-state index in [1.54, 1.807) is 35.1 Å². The number of thiazole rings is 1. The summed E-state index contributed by atoms with van der Waals surface area (Å²) in [5.41, 5.74) is 4.58. The zero-order chi connectivity index (χ0) is 22.9. The molecule has 1 aromatic carbocycles. The van der Waals surface area contributed by atoms with Crippen LogP contribution in [0.25, 0.3) is 16.9 Å². The number of amides is 1. The lowest BCUT2D eigenvalue weighted by Crippen LogP contribution is -2.10. The molecule has 7 nitrogen and oxygen atoms in total. The summed E-state index contributed by atoms with van der Waals surface area (Å²) in [5.74, 6) is 0.214. The minimum Gasteiger partial charge on any atom is -0.454 e. The lowest BCUT2D eigenvalue weighted by atomic mass is 10.2. The van der Waals surface area contributed by atoms with E-state index < -0.39 is 0 Å². The van der Waals surface area contributed by atoms with Crippen molar-refractivity contribution in [3.63, 3.8) is 0 Å². The van der Waals surface area contributed by atoms with Gasteiger partial charge >= 0.3 is 0 Å². The molecule has 0 unspecified atom stereocenters. The number of carbonyl (C=O) groups is 1. The number of carbonyl (C=O) groups excluding carboxylic acids is 1. The lowest BCUT2D eigenvalue weighted by molar-refractivity contribution is 0.0994. The number of hydrogen-bond acceptors (Lipinski definition) is 5. The molecule has 0 aliphatic heterocycles. The number of nitrogens with zero attached hydrogens (tertiary/aromatic N) is 4. The number of hydrogen-bond donors (Lipinski definition) is 1. The molecule has 5 rings (SSSR count). The quantitative estimate of drug-likeness (QED) is 0.365. The van der Waals surface area contributed by atoms with Crippen molar-refractivity contribution in [3.05, 3.63) is 95.0 Å². The summed E-state index contributed by atoms with van der Waals surface area (Å²) in [6, 6.07) is 13.6. The number of furan rings is 1. The average molecular weight is 462 g/mol. The molecule has 0 saturated carbocycles. The first kappa shape index (κ1) is 20.9. The summed E-state index contributed by atoms with van der Waals surface area (Å²) in [6.07, 6.45) is 3.51. The number of benzene rings is 1. The maximum atomic E-state index is 13.3. The fraction of sp³-hybridized carbons (Fsp3) is 0.125. The van der Waals surface area contributed by atoms with Gasteiger partial charge in [-0.05, 0) is 62.4 Å². The third-order valence-corrected chi connectivity index (χ3v) is 6.04. The standard InChI is InChI=1S/C24H20FN5O2S/c1-15-12-20(16(2)30(15)18-6-4-17(25)5-7-18)21-14-33-24(27-21)28-23(31)22-9-8-19(32-22)13-29-11-3-10-26-29/h3-12,14H,13H2,1-2H3,(H,27,28,31). The zero-order valence-corrected chi connectivity index (χ0v) is 18.8. The second-order valence-corrected chi connectivity index (χ2v) is 8.42. The van der Waals surface area contributed by atoms with E-state index in [4.69, 9.17) is 4.42 Å². The summed E-state index contributed by atoms with van der Waals surface area (Å²) in [7, 11) is 0. The first-order chi connectivity index (χ1) is 16.0. The van der Waals surface area contributed by atoms with Crippen LogP contribution >= 0.6 is 11.3 Å². The van der Waals surface area contributed by atoms with Crippen LogP contribution in [0.5, 0.6) is 0 Å². The van der Waals surface area contributed by atoms with Crippen LogP contribution in [0, 0.1) is 19.7 Å². The third kappa shape index (κ3) is 4.22. The first-order valence-corrected chi connectivity index (χ1v) is 11.1. The topological polar surface area (TPSA) is 77.9 Å². The van der Waals surface area contributed by atoms with Crippen molar-refractivity contribution in [1.82, 2.24) is 19.3 Å². The van der Waals surface area contributed by atoms with Gasteiger partial charge in [-0.3, -0.25) is 14.8 Å². The Kier molecular flexibility index (Phi) is 5.39. The number of nitrogens with one attached hydrogen (secondary N) is 1. The van der Waals surface area contributed by atoms with Crippen LogP contribution in [0.1, 0.15) is 27.7 Å². The minimum atomic E-state index is -0.362. The molecule has 0 bridgehead atoms. The van der Waals surface area contributed by atoms with Gasteiger partial charge in [-0.25, -0.2) is 9.37 Å². The van der Waals surface area contributed by atoms with E-state index in [-0.39, 0.29) is 17.5 Å². The van der Waals surface area contributed by atoms with E-state index >= 15 is 0 Å². The van der Waals surface area contributed by atoms with Crippen LogP contribution in [0.4, 0.5) is 9.52 Å². The second-order valence-electron chi connectivity index (χ2n) is 7.56. The van der Waals surface area contributed by atoms with Gasteiger partial charge in [-0.1, -0.05) is 0 Å². The predicted octanol–water partition coefficient (Wildman–Crippen LogP) is 5.45. The Labute approximate surface area is 193 Å². The average Bonchev–Trinajstić information content (AvgIpc) is 3.58. The van der Waals surface area contributed by atoms with Crippen molar-refractivity contribution in [1.29, 1.82) is 0 Å². The highest BCUT2D eigenvalue weighted by molar-refractivity contribution is 7.14. The molecule has 0 atom stereocenters. The van der Waals surface area contributed by atoms with Gasteiger partial charge in [-0.15, -0.1) is 11.3 Å². The van der Waals surface area contributed by atoms with Crippen LogP contribution in [0.2, 0.25) is 0 Å². The highest BCUT2D eigenvalue weighted by Crippen LogP contribution is 2.32. The molecule has 0 fully saturated rings. The summed E-state index contributed by atoms with van der Waals surface area (Å²) < 4.78 is 22.7. The van der Waals surface area contributed by atoms with Crippen LogP contribution in [0.15, 0.2) is 70.7 Å². The van der Waals surface area contributed by atoms with E-state index in [1.807, 2.05) is 37.6 Å². The minimum absolute atomic E-state index is 0.211. The van der Waals surface area contributed by atoms with Gasteiger partial charge in [0.2, 0.25) is 0 Å². The number of anilines is 1. The highest BCUT2D eigenvalue weighted by Gasteiger charge is 2.17. The van der Waals surface area contributed by atoms with E-state index in [9.17, 15) is 9.18 Å². The van der Waals surface area contributed by atoms with Gasteiger partial charge in [0.05, 0.1) is 12.2 Å². The summed E-state index contributed by atoms with van der Waals surface area (Å²) in [5, 5.41) is 9.31. The zero-order valence-electron chi connectivity index (χ0n) is 17.9. The summed E-state index contributed by atoms with van der Waals surface area (Å²) >= 11 is 1.34. The lowest BCUT2D eigenvalue weighted by Gasteiger charge is -2.09. The van der Waals surface area contributed by atoms with Gasteiger partial charge in [-0.2, -0.15) is 5.10 Å². The number of aryl methyl sites for hydroxylation is 1. The summed E-state index contributed by atoms with van der Waals surface area (Å²) in [6.45, 7) is 4.44. The van der Waals surface area contributed by atoms with Gasteiger partial charge in [0.1, 0.15) is 11.6 Å². The van der Waals surface area contributed by atoms with Crippen molar-refractivity contribution in [2.24, 2.45) is 0 Å². The van der Waals surface area contributed by atoms with Gasteiger partial charge < -0.3 is 8.98 Å². The highest BCUT2D eigenvalue weighted by atomic mass is 32.1. The predicted molar refractivity (Wildman–Crippen MR) is 124 cm³/mol. The van der Waals surface area contributed by atoms with Gasteiger partial charge in [0, 0.05) is 40.4 Å². The Morgan fingerprint density at radius 3 is 2.76 bits per heavy atom. The largest absolute Gasteiger partial charge is 0.454 e. The van der Waals surface area contributed by atoms with Crippen molar-refractivity contribution in [2.45, 2.75) is 20.4 Å². The molecule has 4 heterocycles. The number of rotatable bonds is 6. The van der Waals surface area contributed by atoms with Gasteiger partial charge in [0.25, 0.3) is 5.91 Å². The fourth-order valence-corrected chi connectivity index (χ4v) is 4.47. The van der Waals surface area contributed by atoms with Crippen LogP contribution in [-0.2, 0) is 6.54 Å². The Bertz CT molecular complexity index is 1410. The molecule has 1 N–H and O–H groups in total. The first-order valence-electron chi connectivity index (χ1n) is 10.3. The SMILES string of the molecule is Cc1cc(-c2csc(NC(=O)c3ccc(Cn4cccn4)o3)n2)c(C)n1-c1ccc(F)cc1. The molecule has 33 heavy (non-hydrogen) atoms. The molecule has 5 aromatic rings. The van der Waals surface area contributed by atoms with Crippen LogP contribution in [0.3, 0.4) is 0 Å². The molecule has 166 valence electrons. The van der Waals surface area contributed by atoms with Crippen molar-refractivity contribution >= 4 is 22.4 Å². The molecule has 0 aliphatic rings. The molecule has 9 heteroatoms. The smallest absolute Gasteiger partial charge is 0.293 e. The van der Waals surface area contributed by atoms with Crippen molar-refractivity contribution in [2.75, 3.05) is 5.32 Å². The van der Waals surface area contributed by atoms with E-state index in [0.29, 0.717) is 17.4 Å². The van der Waals surface area contributed by atoms with E-state index in [0.717, 1.165) is 28.3 Å². The maximum absolute atomic E-state index is 13.3. The van der Waals surface area contributed by atoms with Gasteiger partial charge in [0.15, 0.2) is 10.9 Å². The Balaban J connectivity index is 1.33. The molecular formula is C24H20FN5O2S. The number of halogens is 1. The Morgan fingerprint density at radius 2 is 2.00 bits per heavy atom. The molecule has 0 spiro atoms. The normalized spacial score (nSPS) is 11.1. The molecule has 0 saturated heterocycles. The molecular weight excluding hydrogens is 441 g/mol. The van der Waals surface area contributed by atoms with E-state index in [1.165, 1.54) is 23.5 Å². The van der Waals surface area contributed by atoms with Crippen molar-refractivity contribution in [3.8, 4) is 16.9 Å². The summed E-state index contributed by atoms with van der Waals surface area (Å²) in [4.78, 5) is 17.2. The van der Waals surface area contributed by atoms with Crippen LogP contribution < -0.4 is 5.32 Å². The van der Waals surface area contributed by atoms with E-state index in [2.05, 4.69) is 20.0 Å². The maximum Gasteiger partial charge on any atom is 0.293 e.